The van der Waals surface area contributed by atoms with Crippen LogP contribution >= 0.6 is 0 Å². The van der Waals surface area contributed by atoms with Crippen LogP contribution in [-0.4, -0.2) is 18.4 Å². The maximum atomic E-state index is 12.4. The fraction of sp³-hybridized carbons (Fsp3) is 0.300. The molecule has 0 radical (unpaired) electrons. The number of carbonyl (C=O) groups excluding carboxylic acids is 1. The van der Waals surface area contributed by atoms with Crippen molar-refractivity contribution in [2.45, 2.75) is 31.6 Å². The van der Waals surface area contributed by atoms with E-state index in [-0.39, 0.29) is 18.6 Å². The van der Waals surface area contributed by atoms with E-state index in [4.69, 9.17) is 9.47 Å². The maximum absolute atomic E-state index is 12.4. The van der Waals surface area contributed by atoms with Gasteiger partial charge in [-0.1, -0.05) is 36.8 Å². The van der Waals surface area contributed by atoms with Gasteiger partial charge in [0, 0.05) is 17.2 Å². The minimum atomic E-state index is -0.233. The van der Waals surface area contributed by atoms with Gasteiger partial charge in [-0.15, -0.1) is 0 Å². The lowest BCUT2D eigenvalue weighted by Crippen LogP contribution is -2.24. The molecule has 1 atom stereocenters. The summed E-state index contributed by atoms with van der Waals surface area (Å²) in [6.45, 7) is 0.196. The van der Waals surface area contributed by atoms with E-state index in [0.717, 1.165) is 25.0 Å². The zero-order valence-electron chi connectivity index (χ0n) is 13.9. The number of nitrogens with zero attached hydrogens (tertiary/aromatic N) is 1. The number of hydrazone groups is 1. The number of ether oxygens (including phenoxy) is 2. The van der Waals surface area contributed by atoms with Gasteiger partial charge in [-0.2, -0.15) is 5.10 Å². The van der Waals surface area contributed by atoms with Crippen molar-refractivity contribution in [1.29, 1.82) is 0 Å². The average molecular weight is 336 g/mol. The van der Waals surface area contributed by atoms with Gasteiger partial charge in [0.1, 0.15) is 0 Å². The summed E-state index contributed by atoms with van der Waals surface area (Å²) in [6.07, 6.45) is 4.29. The van der Waals surface area contributed by atoms with Crippen molar-refractivity contribution in [2.75, 3.05) is 6.79 Å². The van der Waals surface area contributed by atoms with Crippen LogP contribution in [0.15, 0.2) is 53.6 Å². The minimum Gasteiger partial charge on any atom is -0.454 e. The zero-order chi connectivity index (χ0) is 17.1. The van der Waals surface area contributed by atoms with Gasteiger partial charge in [-0.3, -0.25) is 4.79 Å². The van der Waals surface area contributed by atoms with Gasteiger partial charge in [0.05, 0.1) is 0 Å². The Labute approximate surface area is 146 Å². The molecule has 1 heterocycles. The average Bonchev–Trinajstić information content (AvgIpc) is 3.15. The highest BCUT2D eigenvalue weighted by Crippen LogP contribution is 2.33. The summed E-state index contributed by atoms with van der Waals surface area (Å²) >= 11 is 0. The van der Waals surface area contributed by atoms with Crippen LogP contribution in [0.25, 0.3) is 0 Å². The molecule has 0 aromatic heterocycles. The van der Waals surface area contributed by atoms with Gasteiger partial charge in [-0.25, -0.2) is 5.43 Å². The minimum absolute atomic E-state index is 0.196. The molecule has 5 nitrogen and oxygen atoms in total. The standard InChI is InChI=1S/C20H20N2O3/c23-20(15-10-11-18-19(12-15)25-13-24-18)22-21-17-9-5-4-8-16(17)14-6-2-1-3-7-14/h1-3,6-7,10-12,16H,4-5,8-9,13H2,(H,22,23)/t16-/m0/s1. The molecule has 1 aliphatic carbocycles. The van der Waals surface area contributed by atoms with E-state index in [1.54, 1.807) is 18.2 Å². The molecular weight excluding hydrogens is 316 g/mol. The molecule has 2 aromatic carbocycles. The molecule has 0 unspecified atom stereocenters. The topological polar surface area (TPSA) is 59.9 Å². The van der Waals surface area contributed by atoms with Crippen LogP contribution in [0.1, 0.15) is 47.5 Å². The molecule has 1 amide bonds. The van der Waals surface area contributed by atoms with Crippen molar-refractivity contribution in [3.8, 4) is 11.5 Å². The molecule has 0 spiro atoms. The van der Waals surface area contributed by atoms with Gasteiger partial charge in [0.2, 0.25) is 6.79 Å². The molecule has 1 N–H and O–H groups in total. The molecule has 1 fully saturated rings. The van der Waals surface area contributed by atoms with Crippen LogP contribution < -0.4 is 14.9 Å². The van der Waals surface area contributed by atoms with Crippen LogP contribution in [0.3, 0.4) is 0 Å². The summed E-state index contributed by atoms with van der Waals surface area (Å²) < 4.78 is 10.6. The van der Waals surface area contributed by atoms with Crippen molar-refractivity contribution in [2.24, 2.45) is 5.10 Å². The lowest BCUT2D eigenvalue weighted by atomic mass is 9.82. The third-order valence-corrected chi connectivity index (χ3v) is 4.72. The Morgan fingerprint density at radius 2 is 1.88 bits per heavy atom. The molecule has 128 valence electrons. The number of benzene rings is 2. The summed E-state index contributed by atoms with van der Waals surface area (Å²) in [5, 5.41) is 4.46. The Balaban J connectivity index is 1.50. The second-order valence-electron chi connectivity index (χ2n) is 6.32. The van der Waals surface area contributed by atoms with Gasteiger partial charge < -0.3 is 9.47 Å². The maximum Gasteiger partial charge on any atom is 0.271 e. The molecule has 1 saturated carbocycles. The zero-order valence-corrected chi connectivity index (χ0v) is 13.9. The third-order valence-electron chi connectivity index (χ3n) is 4.72. The molecular formula is C20H20N2O3. The Morgan fingerprint density at radius 1 is 1.04 bits per heavy atom. The van der Waals surface area contributed by atoms with Crippen LogP contribution in [0.4, 0.5) is 0 Å². The van der Waals surface area contributed by atoms with E-state index in [1.807, 2.05) is 18.2 Å². The predicted molar refractivity (Wildman–Crippen MR) is 95.1 cm³/mol. The Kier molecular flexibility index (Phi) is 4.37. The number of rotatable bonds is 3. The number of amides is 1. The van der Waals surface area contributed by atoms with Crippen molar-refractivity contribution in [3.05, 3.63) is 59.7 Å². The monoisotopic (exact) mass is 336 g/mol. The van der Waals surface area contributed by atoms with E-state index < -0.39 is 0 Å². The van der Waals surface area contributed by atoms with Crippen molar-refractivity contribution >= 4 is 11.6 Å². The molecule has 25 heavy (non-hydrogen) atoms. The first-order valence-corrected chi connectivity index (χ1v) is 8.62. The second-order valence-corrected chi connectivity index (χ2v) is 6.32. The molecule has 2 aliphatic rings. The third kappa shape index (κ3) is 3.36. The van der Waals surface area contributed by atoms with Crippen LogP contribution in [0, 0.1) is 0 Å². The lowest BCUT2D eigenvalue weighted by Gasteiger charge is -2.24. The van der Waals surface area contributed by atoms with E-state index in [2.05, 4.69) is 22.7 Å². The number of nitrogens with one attached hydrogen (secondary N) is 1. The Bertz CT molecular complexity index is 802. The van der Waals surface area contributed by atoms with Crippen molar-refractivity contribution in [1.82, 2.24) is 5.43 Å². The summed E-state index contributed by atoms with van der Waals surface area (Å²) in [6, 6.07) is 15.5. The molecule has 4 rings (SSSR count). The van der Waals surface area contributed by atoms with Crippen LogP contribution in [0.2, 0.25) is 0 Å². The first kappa shape index (κ1) is 15.7. The largest absolute Gasteiger partial charge is 0.454 e. The first-order chi connectivity index (χ1) is 12.3. The molecule has 5 heteroatoms. The number of fused-ring (bicyclic) bond motifs is 1. The molecule has 2 aromatic rings. The van der Waals surface area contributed by atoms with Crippen LogP contribution in [-0.2, 0) is 0 Å². The summed E-state index contributed by atoms with van der Waals surface area (Å²) in [7, 11) is 0. The summed E-state index contributed by atoms with van der Waals surface area (Å²) in [5.74, 6) is 1.31. The predicted octanol–water partition coefficient (Wildman–Crippen LogP) is 3.86. The van der Waals surface area contributed by atoms with E-state index in [9.17, 15) is 4.79 Å². The quantitative estimate of drug-likeness (QED) is 0.866. The SMILES string of the molecule is O=C(NN=C1CCCC[C@H]1c1ccccc1)c1ccc2c(c1)OCO2. The van der Waals surface area contributed by atoms with Gasteiger partial charge in [0.25, 0.3) is 5.91 Å². The van der Waals surface area contributed by atoms with Crippen molar-refractivity contribution < 1.29 is 14.3 Å². The fourth-order valence-corrected chi connectivity index (χ4v) is 3.40. The summed E-state index contributed by atoms with van der Waals surface area (Å²) in [5.41, 5.74) is 5.54. The van der Waals surface area contributed by atoms with Gasteiger partial charge in [-0.05, 0) is 43.0 Å². The second kappa shape index (κ2) is 6.97. The highest BCUT2D eigenvalue weighted by atomic mass is 16.7. The molecule has 0 saturated heterocycles. The molecule has 1 aliphatic heterocycles. The van der Waals surface area contributed by atoms with E-state index in [1.165, 1.54) is 12.0 Å². The number of hydrogen-bond donors (Lipinski definition) is 1. The van der Waals surface area contributed by atoms with Crippen molar-refractivity contribution in [3.63, 3.8) is 0 Å². The number of hydrogen-bond acceptors (Lipinski definition) is 4. The number of carbonyl (C=O) groups is 1. The Hall–Kier alpha value is -2.82. The highest BCUT2D eigenvalue weighted by molar-refractivity contribution is 5.97. The molecule has 0 bridgehead atoms. The van der Waals surface area contributed by atoms with E-state index >= 15 is 0 Å². The van der Waals surface area contributed by atoms with Gasteiger partial charge >= 0.3 is 0 Å². The lowest BCUT2D eigenvalue weighted by molar-refractivity contribution is 0.0954. The Morgan fingerprint density at radius 3 is 2.76 bits per heavy atom. The summed E-state index contributed by atoms with van der Waals surface area (Å²) in [4.78, 5) is 12.4. The van der Waals surface area contributed by atoms with Gasteiger partial charge in [0.15, 0.2) is 11.5 Å². The normalized spacial score (nSPS) is 20.5. The van der Waals surface area contributed by atoms with Crippen LogP contribution in [0.5, 0.6) is 11.5 Å². The smallest absolute Gasteiger partial charge is 0.271 e. The first-order valence-electron chi connectivity index (χ1n) is 8.62. The van der Waals surface area contributed by atoms with E-state index in [0.29, 0.717) is 17.1 Å². The highest BCUT2D eigenvalue weighted by Gasteiger charge is 2.23. The fourth-order valence-electron chi connectivity index (χ4n) is 3.40.